The molecule has 0 radical (unpaired) electrons. The van der Waals surface area contributed by atoms with Gasteiger partial charge in [0.1, 0.15) is 13.2 Å². The van der Waals surface area contributed by atoms with Crippen molar-refractivity contribution in [2.75, 3.05) is 13.2 Å². The topological polar surface area (TPSA) is 78.9 Å². The molecule has 6 nitrogen and oxygen atoms in total. The molecule has 0 aliphatic heterocycles. The number of ether oxygens (including phenoxy) is 3. The lowest BCUT2D eigenvalue weighted by Crippen LogP contribution is -2.30. The smallest absolute Gasteiger partial charge is 0.306 e. The fraction of sp³-hybridized carbons (Fsp3) is 0.901. The highest BCUT2D eigenvalue weighted by atomic mass is 16.6. The Morgan fingerprint density at radius 1 is 0.260 bits per heavy atom. The van der Waals surface area contributed by atoms with Gasteiger partial charge in [-0.3, -0.25) is 14.4 Å². The minimum atomic E-state index is -0.773. The van der Waals surface area contributed by atoms with E-state index in [9.17, 15) is 14.4 Å². The Morgan fingerprint density at radius 3 is 0.766 bits per heavy atom. The summed E-state index contributed by atoms with van der Waals surface area (Å²) in [5.41, 5.74) is 0. The number of unbranched alkanes of at least 4 members (excludes halogenated alkanes) is 50. The van der Waals surface area contributed by atoms with Crippen LogP contribution in [0.3, 0.4) is 0 Å². The van der Waals surface area contributed by atoms with Gasteiger partial charge < -0.3 is 14.2 Å². The number of esters is 3. The van der Waals surface area contributed by atoms with Crippen molar-refractivity contribution in [2.24, 2.45) is 0 Å². The van der Waals surface area contributed by atoms with Gasteiger partial charge in [0.15, 0.2) is 6.10 Å². The van der Waals surface area contributed by atoms with Crippen LogP contribution >= 0.6 is 0 Å². The Bertz CT molecular complexity index is 1240. The molecule has 0 aliphatic carbocycles. The van der Waals surface area contributed by atoms with Crippen LogP contribution in [0.2, 0.25) is 0 Å². The molecule has 0 aromatic heterocycles. The van der Waals surface area contributed by atoms with Crippen LogP contribution in [0.1, 0.15) is 393 Å². The summed E-state index contributed by atoms with van der Waals surface area (Å²) in [6.07, 6.45) is 80.8. The predicted molar refractivity (Wildman–Crippen MR) is 335 cm³/mol. The molecular formula is C71H134O6. The number of carbonyl (C=O) groups excluding carboxylic acids is 3. The monoisotopic (exact) mass is 1080 g/mol. The summed E-state index contributed by atoms with van der Waals surface area (Å²) >= 11 is 0. The van der Waals surface area contributed by atoms with Crippen molar-refractivity contribution in [1.82, 2.24) is 0 Å². The first-order valence-corrected chi connectivity index (χ1v) is 34.8. The predicted octanol–water partition coefficient (Wildman–Crippen LogP) is 23.8. The summed E-state index contributed by atoms with van der Waals surface area (Å²) in [6, 6.07) is 0. The highest BCUT2D eigenvalue weighted by Crippen LogP contribution is 2.19. The van der Waals surface area contributed by atoms with Crippen LogP contribution in [-0.2, 0) is 28.6 Å². The van der Waals surface area contributed by atoms with Crippen LogP contribution < -0.4 is 0 Å². The van der Waals surface area contributed by atoms with Crippen molar-refractivity contribution in [3.63, 3.8) is 0 Å². The van der Waals surface area contributed by atoms with Crippen molar-refractivity contribution in [2.45, 2.75) is 399 Å². The second-order valence-corrected chi connectivity index (χ2v) is 23.8. The summed E-state index contributed by atoms with van der Waals surface area (Å²) in [5, 5.41) is 0. The van der Waals surface area contributed by atoms with Gasteiger partial charge in [0.2, 0.25) is 0 Å². The van der Waals surface area contributed by atoms with E-state index in [1.807, 2.05) is 0 Å². The third-order valence-electron chi connectivity index (χ3n) is 15.9. The molecule has 0 aromatic carbocycles. The Hall–Kier alpha value is -2.11. The fourth-order valence-electron chi connectivity index (χ4n) is 10.7. The first-order chi connectivity index (χ1) is 38.0. The van der Waals surface area contributed by atoms with Crippen LogP contribution in [0.15, 0.2) is 24.3 Å². The largest absolute Gasteiger partial charge is 0.462 e. The molecule has 0 N–H and O–H groups in total. The normalized spacial score (nSPS) is 12.1. The van der Waals surface area contributed by atoms with Crippen molar-refractivity contribution in [1.29, 1.82) is 0 Å². The van der Waals surface area contributed by atoms with Gasteiger partial charge in [-0.25, -0.2) is 0 Å². The molecule has 0 rings (SSSR count). The maximum absolute atomic E-state index is 12.9. The molecule has 0 aliphatic rings. The van der Waals surface area contributed by atoms with E-state index in [2.05, 4.69) is 45.1 Å². The van der Waals surface area contributed by atoms with Gasteiger partial charge in [0.25, 0.3) is 0 Å². The molecule has 1 atom stereocenters. The zero-order valence-corrected chi connectivity index (χ0v) is 52.3. The molecule has 0 spiro atoms. The summed E-state index contributed by atoms with van der Waals surface area (Å²) in [4.78, 5) is 38.3. The van der Waals surface area contributed by atoms with E-state index in [4.69, 9.17) is 14.2 Å². The summed E-state index contributed by atoms with van der Waals surface area (Å²) in [6.45, 7) is 6.64. The van der Waals surface area contributed by atoms with Crippen LogP contribution in [0.5, 0.6) is 0 Å². The second kappa shape index (κ2) is 66.4. The van der Waals surface area contributed by atoms with E-state index in [0.29, 0.717) is 19.3 Å². The Morgan fingerprint density at radius 2 is 0.494 bits per heavy atom. The lowest BCUT2D eigenvalue weighted by atomic mass is 10.0. The second-order valence-electron chi connectivity index (χ2n) is 23.8. The molecule has 6 heteroatoms. The highest BCUT2D eigenvalue weighted by molar-refractivity contribution is 5.71. The van der Waals surface area contributed by atoms with Gasteiger partial charge in [0, 0.05) is 19.3 Å². The fourth-order valence-corrected chi connectivity index (χ4v) is 10.7. The van der Waals surface area contributed by atoms with E-state index in [1.54, 1.807) is 0 Å². The lowest BCUT2D eigenvalue weighted by Gasteiger charge is -2.18. The van der Waals surface area contributed by atoms with Gasteiger partial charge in [-0.05, 0) is 44.9 Å². The van der Waals surface area contributed by atoms with Gasteiger partial charge in [-0.2, -0.15) is 0 Å². The van der Waals surface area contributed by atoms with E-state index in [1.165, 1.54) is 270 Å². The first kappa shape index (κ1) is 74.9. The SMILES string of the molecule is CCC/C=C\C/C=C\CCCCCCCC(=O)OCC(COC(=O)CCCCCCCCCCCCCCCCCCCCCCCCCCCCCCC)OC(=O)CCCCCCCCCCCCCCCCCCC. The number of allylic oxidation sites excluding steroid dienone is 4. The zero-order chi connectivity index (χ0) is 55.7. The summed E-state index contributed by atoms with van der Waals surface area (Å²) in [7, 11) is 0. The molecule has 454 valence electrons. The molecule has 0 aromatic rings. The van der Waals surface area contributed by atoms with E-state index >= 15 is 0 Å². The van der Waals surface area contributed by atoms with Gasteiger partial charge in [-0.1, -0.05) is 353 Å². The number of hydrogen-bond acceptors (Lipinski definition) is 6. The van der Waals surface area contributed by atoms with Gasteiger partial charge in [-0.15, -0.1) is 0 Å². The average molecular weight is 1080 g/mol. The Kier molecular flexibility index (Phi) is 64.6. The first-order valence-electron chi connectivity index (χ1n) is 34.8. The zero-order valence-electron chi connectivity index (χ0n) is 52.3. The molecular weight excluding hydrogens is 949 g/mol. The maximum atomic E-state index is 12.9. The van der Waals surface area contributed by atoms with Crippen molar-refractivity contribution in [3.8, 4) is 0 Å². The molecule has 0 bridgehead atoms. The standard InChI is InChI=1S/C71H134O6/c1-4-7-10-13-16-19-22-25-27-29-30-31-32-33-34-35-36-37-38-39-40-42-43-46-49-52-55-58-61-64-70(73)76-67-68(66-75-69(72)63-60-57-54-51-48-45-24-21-18-15-12-9-6-3)77-71(74)65-62-59-56-53-50-47-44-41-28-26-23-20-17-14-11-8-5-2/h12,15,21,24,68H,4-11,13-14,16-20,22-23,25-67H2,1-3H3/b15-12-,24-21-. The minimum absolute atomic E-state index is 0.0695. The van der Waals surface area contributed by atoms with Crippen molar-refractivity contribution >= 4 is 17.9 Å². The summed E-state index contributed by atoms with van der Waals surface area (Å²) < 4.78 is 17.0. The molecule has 1 unspecified atom stereocenters. The Labute approximate surface area is 481 Å². The minimum Gasteiger partial charge on any atom is -0.462 e. The van der Waals surface area contributed by atoms with E-state index in [0.717, 1.165) is 83.5 Å². The van der Waals surface area contributed by atoms with Gasteiger partial charge >= 0.3 is 17.9 Å². The quantitative estimate of drug-likeness (QED) is 0.0261. The van der Waals surface area contributed by atoms with Gasteiger partial charge in [0.05, 0.1) is 0 Å². The molecule has 0 fully saturated rings. The average Bonchev–Trinajstić information content (AvgIpc) is 3.43. The molecule has 0 saturated heterocycles. The number of hydrogen-bond donors (Lipinski definition) is 0. The van der Waals surface area contributed by atoms with Crippen molar-refractivity contribution < 1.29 is 28.6 Å². The number of carbonyl (C=O) groups is 3. The van der Waals surface area contributed by atoms with Crippen LogP contribution in [0, 0.1) is 0 Å². The molecule has 0 saturated carbocycles. The lowest BCUT2D eigenvalue weighted by molar-refractivity contribution is -0.167. The van der Waals surface area contributed by atoms with Crippen LogP contribution in [-0.4, -0.2) is 37.2 Å². The highest BCUT2D eigenvalue weighted by Gasteiger charge is 2.19. The van der Waals surface area contributed by atoms with Crippen LogP contribution in [0.25, 0.3) is 0 Å². The Balaban J connectivity index is 4.14. The molecule has 0 heterocycles. The number of rotatable bonds is 65. The van der Waals surface area contributed by atoms with Crippen LogP contribution in [0.4, 0.5) is 0 Å². The maximum Gasteiger partial charge on any atom is 0.306 e. The third kappa shape index (κ3) is 64.6. The van der Waals surface area contributed by atoms with Crippen molar-refractivity contribution in [3.05, 3.63) is 24.3 Å². The van der Waals surface area contributed by atoms with E-state index in [-0.39, 0.29) is 31.1 Å². The molecule has 77 heavy (non-hydrogen) atoms. The molecule has 0 amide bonds. The van der Waals surface area contributed by atoms with E-state index < -0.39 is 6.10 Å². The summed E-state index contributed by atoms with van der Waals surface area (Å²) in [5.74, 6) is -0.854. The third-order valence-corrected chi connectivity index (χ3v) is 15.9.